The number of ether oxygens (including phenoxy) is 1. The second-order valence-corrected chi connectivity index (χ2v) is 5.41. The minimum absolute atomic E-state index is 0.208. The summed E-state index contributed by atoms with van der Waals surface area (Å²) in [5.74, 6) is 0.865. The summed E-state index contributed by atoms with van der Waals surface area (Å²) in [6, 6.07) is 9.88. The molecule has 0 atom stereocenters. The fourth-order valence-corrected chi connectivity index (χ4v) is 1.67. The van der Waals surface area contributed by atoms with Gasteiger partial charge in [-0.3, -0.25) is 4.90 Å². The zero-order chi connectivity index (χ0) is 14.3. The average Bonchev–Trinajstić information content (AvgIpc) is 2.41. The molecule has 0 amide bonds. The molecule has 0 heterocycles. The molecule has 0 bridgehead atoms. The molecular weight excluding hydrogens is 236 g/mol. The first-order valence-corrected chi connectivity index (χ1v) is 6.79. The number of hydrogen-bond donors (Lipinski definition) is 0. The van der Waals surface area contributed by atoms with Gasteiger partial charge in [-0.15, -0.1) is 0 Å². The molecule has 0 saturated carbocycles. The van der Waals surface area contributed by atoms with Gasteiger partial charge in [0.1, 0.15) is 12.4 Å². The van der Waals surface area contributed by atoms with Gasteiger partial charge in [-0.1, -0.05) is 19.1 Å². The van der Waals surface area contributed by atoms with Gasteiger partial charge in [-0.2, -0.15) is 5.26 Å². The second-order valence-electron chi connectivity index (χ2n) is 5.41. The maximum Gasteiger partial charge on any atom is 0.119 e. The Morgan fingerprint density at radius 1 is 1.26 bits per heavy atom. The third-order valence-corrected chi connectivity index (χ3v) is 3.80. The largest absolute Gasteiger partial charge is 0.492 e. The molecule has 3 nitrogen and oxygen atoms in total. The lowest BCUT2D eigenvalue weighted by molar-refractivity contribution is 0.125. The summed E-state index contributed by atoms with van der Waals surface area (Å²) in [6.45, 7) is 8.26. The van der Waals surface area contributed by atoms with Crippen molar-refractivity contribution >= 4 is 0 Å². The van der Waals surface area contributed by atoms with Crippen LogP contribution in [0.5, 0.6) is 5.75 Å². The molecule has 0 aliphatic heterocycles. The summed E-state index contributed by atoms with van der Waals surface area (Å²) in [6.07, 6.45) is 1.57. The van der Waals surface area contributed by atoms with Crippen molar-refractivity contribution < 1.29 is 4.74 Å². The SMILES string of the molecule is CCC(C)(C)N(C)CCOc1ccc(CC#N)cc1. The summed E-state index contributed by atoms with van der Waals surface area (Å²) in [5, 5.41) is 8.60. The maximum atomic E-state index is 8.60. The Hall–Kier alpha value is -1.53. The highest BCUT2D eigenvalue weighted by Gasteiger charge is 2.20. The van der Waals surface area contributed by atoms with Gasteiger partial charge in [-0.25, -0.2) is 0 Å². The molecule has 3 heteroatoms. The average molecular weight is 260 g/mol. The van der Waals surface area contributed by atoms with Crippen molar-refractivity contribution in [2.24, 2.45) is 0 Å². The second kappa shape index (κ2) is 7.16. The van der Waals surface area contributed by atoms with Crippen LogP contribution in [0.4, 0.5) is 0 Å². The van der Waals surface area contributed by atoms with Gasteiger partial charge in [0, 0.05) is 12.1 Å². The van der Waals surface area contributed by atoms with Gasteiger partial charge in [0.05, 0.1) is 12.5 Å². The topological polar surface area (TPSA) is 36.3 Å². The van der Waals surface area contributed by atoms with E-state index in [2.05, 4.69) is 38.8 Å². The molecule has 1 aromatic carbocycles. The predicted octanol–water partition coefficient (Wildman–Crippen LogP) is 3.25. The van der Waals surface area contributed by atoms with Crippen molar-refractivity contribution in [1.29, 1.82) is 5.26 Å². The highest BCUT2D eigenvalue weighted by Crippen LogP contribution is 2.16. The Morgan fingerprint density at radius 3 is 2.42 bits per heavy atom. The first kappa shape index (κ1) is 15.5. The molecule has 1 rings (SSSR count). The van der Waals surface area contributed by atoms with E-state index in [4.69, 9.17) is 10.00 Å². The number of likely N-dealkylation sites (N-methyl/N-ethyl adjacent to an activating group) is 1. The van der Waals surface area contributed by atoms with E-state index in [0.29, 0.717) is 13.0 Å². The van der Waals surface area contributed by atoms with Crippen molar-refractivity contribution in [2.45, 2.75) is 39.2 Å². The van der Waals surface area contributed by atoms with E-state index < -0.39 is 0 Å². The van der Waals surface area contributed by atoms with E-state index in [1.54, 1.807) is 0 Å². The molecule has 0 fully saturated rings. The first-order valence-electron chi connectivity index (χ1n) is 6.79. The smallest absolute Gasteiger partial charge is 0.119 e. The highest BCUT2D eigenvalue weighted by atomic mass is 16.5. The lowest BCUT2D eigenvalue weighted by Crippen LogP contribution is -2.42. The van der Waals surface area contributed by atoms with Crippen LogP contribution in [-0.2, 0) is 6.42 Å². The fraction of sp³-hybridized carbons (Fsp3) is 0.562. The Labute approximate surface area is 116 Å². The van der Waals surface area contributed by atoms with E-state index in [1.807, 2.05) is 24.3 Å². The van der Waals surface area contributed by atoms with Crippen LogP contribution in [0, 0.1) is 11.3 Å². The van der Waals surface area contributed by atoms with Crippen molar-refractivity contribution in [3.63, 3.8) is 0 Å². The maximum absolute atomic E-state index is 8.60. The Morgan fingerprint density at radius 2 is 1.89 bits per heavy atom. The Balaban J connectivity index is 2.39. The number of benzene rings is 1. The Bertz CT molecular complexity index is 417. The minimum Gasteiger partial charge on any atom is -0.492 e. The number of nitriles is 1. The van der Waals surface area contributed by atoms with E-state index >= 15 is 0 Å². The van der Waals surface area contributed by atoms with E-state index in [9.17, 15) is 0 Å². The van der Waals surface area contributed by atoms with Gasteiger partial charge >= 0.3 is 0 Å². The standard InChI is InChI=1S/C16H24N2O/c1-5-16(2,3)18(4)12-13-19-15-8-6-14(7-9-15)10-11-17/h6-9H,5,10,12-13H2,1-4H3. The molecule has 0 N–H and O–H groups in total. The molecule has 0 aliphatic carbocycles. The van der Waals surface area contributed by atoms with Crippen LogP contribution in [-0.4, -0.2) is 30.6 Å². The minimum atomic E-state index is 0.208. The zero-order valence-electron chi connectivity index (χ0n) is 12.4. The van der Waals surface area contributed by atoms with Gasteiger partial charge in [0.2, 0.25) is 0 Å². The van der Waals surface area contributed by atoms with Gasteiger partial charge in [0.15, 0.2) is 0 Å². The summed E-state index contributed by atoms with van der Waals surface area (Å²) in [4.78, 5) is 2.32. The predicted molar refractivity (Wildman–Crippen MR) is 78.3 cm³/mol. The molecule has 0 aromatic heterocycles. The third-order valence-electron chi connectivity index (χ3n) is 3.80. The molecule has 0 unspecified atom stereocenters. The van der Waals surface area contributed by atoms with E-state index in [1.165, 1.54) is 0 Å². The van der Waals surface area contributed by atoms with Crippen LogP contribution >= 0.6 is 0 Å². The van der Waals surface area contributed by atoms with Gasteiger partial charge < -0.3 is 4.74 Å². The highest BCUT2D eigenvalue weighted by molar-refractivity contribution is 5.28. The van der Waals surface area contributed by atoms with Crippen molar-refractivity contribution in [1.82, 2.24) is 4.90 Å². The monoisotopic (exact) mass is 260 g/mol. The lowest BCUT2D eigenvalue weighted by Gasteiger charge is -2.34. The third kappa shape index (κ3) is 4.92. The number of hydrogen-bond acceptors (Lipinski definition) is 3. The van der Waals surface area contributed by atoms with Gasteiger partial charge in [-0.05, 0) is 45.0 Å². The zero-order valence-corrected chi connectivity index (χ0v) is 12.4. The normalized spacial score (nSPS) is 11.4. The Kier molecular flexibility index (Phi) is 5.85. The fourth-order valence-electron chi connectivity index (χ4n) is 1.67. The summed E-state index contributed by atoms with van der Waals surface area (Å²) < 4.78 is 5.72. The summed E-state index contributed by atoms with van der Waals surface area (Å²) >= 11 is 0. The molecule has 0 aliphatic rings. The van der Waals surface area contributed by atoms with Crippen LogP contribution in [0.3, 0.4) is 0 Å². The molecule has 0 saturated heterocycles. The summed E-state index contributed by atoms with van der Waals surface area (Å²) in [5.41, 5.74) is 1.24. The molecule has 104 valence electrons. The lowest BCUT2D eigenvalue weighted by atomic mass is 10.0. The van der Waals surface area contributed by atoms with Gasteiger partial charge in [0.25, 0.3) is 0 Å². The van der Waals surface area contributed by atoms with Crippen LogP contribution in [0.2, 0.25) is 0 Å². The molecule has 1 aromatic rings. The quantitative estimate of drug-likeness (QED) is 0.755. The van der Waals surface area contributed by atoms with E-state index in [-0.39, 0.29) is 5.54 Å². The molecule has 0 spiro atoms. The van der Waals surface area contributed by atoms with E-state index in [0.717, 1.165) is 24.3 Å². The van der Waals surface area contributed by atoms with Crippen LogP contribution in [0.25, 0.3) is 0 Å². The molecular formula is C16H24N2O. The number of nitrogens with zero attached hydrogens (tertiary/aromatic N) is 2. The van der Waals surface area contributed by atoms with Crippen LogP contribution in [0.1, 0.15) is 32.8 Å². The van der Waals surface area contributed by atoms with Crippen molar-refractivity contribution in [2.75, 3.05) is 20.2 Å². The van der Waals surface area contributed by atoms with Crippen molar-refractivity contribution in [3.05, 3.63) is 29.8 Å². The summed E-state index contributed by atoms with van der Waals surface area (Å²) in [7, 11) is 2.13. The van der Waals surface area contributed by atoms with Crippen LogP contribution in [0.15, 0.2) is 24.3 Å². The number of rotatable bonds is 7. The first-order chi connectivity index (χ1) is 8.99. The van der Waals surface area contributed by atoms with Crippen molar-refractivity contribution in [3.8, 4) is 11.8 Å². The molecule has 0 radical (unpaired) electrons. The van der Waals surface area contributed by atoms with Crippen LogP contribution < -0.4 is 4.74 Å². The molecule has 19 heavy (non-hydrogen) atoms.